The monoisotopic (exact) mass is 388 g/mol. The minimum Gasteiger partial charge on any atom is -0.454 e. The molecule has 29 heavy (non-hydrogen) atoms. The Morgan fingerprint density at radius 3 is 2.00 bits per heavy atom. The number of benzene rings is 3. The van der Waals surface area contributed by atoms with Crippen LogP contribution < -0.4 is 4.74 Å². The molecule has 5 heteroatoms. The number of carbonyl (C=O) groups excluding carboxylic acids is 3. The van der Waals surface area contributed by atoms with Gasteiger partial charge in [-0.1, -0.05) is 35.4 Å². The molecule has 0 bridgehead atoms. The molecule has 3 aromatic carbocycles. The van der Waals surface area contributed by atoms with Crippen LogP contribution in [0, 0.1) is 13.8 Å². The van der Waals surface area contributed by atoms with Crippen LogP contribution in [0.4, 0.5) is 0 Å². The third-order valence-electron chi connectivity index (χ3n) is 4.26. The second kappa shape index (κ2) is 8.97. The van der Waals surface area contributed by atoms with Crippen molar-refractivity contribution in [2.45, 2.75) is 13.8 Å². The van der Waals surface area contributed by atoms with Crippen LogP contribution in [0.2, 0.25) is 0 Å². The smallest absolute Gasteiger partial charge is 0.343 e. The van der Waals surface area contributed by atoms with Crippen LogP contribution in [0.15, 0.2) is 72.8 Å². The highest BCUT2D eigenvalue weighted by Gasteiger charge is 2.13. The lowest BCUT2D eigenvalue weighted by Gasteiger charge is -2.07. The van der Waals surface area contributed by atoms with Crippen LogP contribution in [-0.2, 0) is 4.74 Å². The highest BCUT2D eigenvalue weighted by molar-refractivity contribution is 5.99. The number of Topliss-reactive ketones (excluding diaryl/α,β-unsaturated/α-hetero) is 1. The number of esters is 2. The zero-order chi connectivity index (χ0) is 20.8. The highest BCUT2D eigenvalue weighted by Crippen LogP contribution is 2.15. The number of hydrogen-bond donors (Lipinski definition) is 0. The van der Waals surface area contributed by atoms with Crippen molar-refractivity contribution in [3.8, 4) is 5.75 Å². The van der Waals surface area contributed by atoms with Gasteiger partial charge in [-0.2, -0.15) is 0 Å². The predicted octanol–water partition coefficient (Wildman–Crippen LogP) is 4.56. The van der Waals surface area contributed by atoms with Crippen LogP contribution in [0.3, 0.4) is 0 Å². The largest absolute Gasteiger partial charge is 0.454 e. The average Bonchev–Trinajstić information content (AvgIpc) is 2.72. The Morgan fingerprint density at radius 1 is 0.690 bits per heavy atom. The number of carbonyl (C=O) groups is 3. The van der Waals surface area contributed by atoms with Gasteiger partial charge in [0.2, 0.25) is 0 Å². The van der Waals surface area contributed by atoms with E-state index in [2.05, 4.69) is 0 Å². The van der Waals surface area contributed by atoms with E-state index in [1.54, 1.807) is 30.3 Å². The normalized spacial score (nSPS) is 10.3. The van der Waals surface area contributed by atoms with Gasteiger partial charge in [-0.05, 0) is 62.4 Å². The maximum atomic E-state index is 12.2. The molecule has 0 saturated carbocycles. The van der Waals surface area contributed by atoms with Gasteiger partial charge in [0.25, 0.3) is 0 Å². The van der Waals surface area contributed by atoms with E-state index in [0.717, 1.165) is 11.1 Å². The van der Waals surface area contributed by atoms with E-state index in [4.69, 9.17) is 9.47 Å². The molecule has 3 aromatic rings. The minimum atomic E-state index is -0.550. The van der Waals surface area contributed by atoms with Crippen LogP contribution in [0.25, 0.3) is 0 Å². The highest BCUT2D eigenvalue weighted by atomic mass is 16.5. The van der Waals surface area contributed by atoms with Gasteiger partial charge in [-0.3, -0.25) is 4.79 Å². The van der Waals surface area contributed by atoms with Gasteiger partial charge < -0.3 is 9.47 Å². The van der Waals surface area contributed by atoms with Crippen LogP contribution >= 0.6 is 0 Å². The first-order valence-electron chi connectivity index (χ1n) is 9.08. The van der Waals surface area contributed by atoms with Crippen LogP contribution in [0.1, 0.15) is 42.2 Å². The number of ether oxygens (including phenoxy) is 2. The van der Waals surface area contributed by atoms with E-state index in [0.29, 0.717) is 22.4 Å². The topological polar surface area (TPSA) is 69.7 Å². The second-order valence-electron chi connectivity index (χ2n) is 6.65. The van der Waals surface area contributed by atoms with E-state index in [1.165, 1.54) is 24.3 Å². The van der Waals surface area contributed by atoms with Gasteiger partial charge >= 0.3 is 11.9 Å². The number of aryl methyl sites for hydroxylation is 2. The quantitative estimate of drug-likeness (QED) is 0.352. The van der Waals surface area contributed by atoms with Gasteiger partial charge in [0.05, 0.1) is 11.1 Å². The first kappa shape index (κ1) is 20.0. The lowest BCUT2D eigenvalue weighted by atomic mass is 10.1. The van der Waals surface area contributed by atoms with Crippen molar-refractivity contribution in [2.75, 3.05) is 6.61 Å². The molecular weight excluding hydrogens is 368 g/mol. The fraction of sp³-hybridized carbons (Fsp3) is 0.125. The van der Waals surface area contributed by atoms with Gasteiger partial charge in [-0.25, -0.2) is 9.59 Å². The molecule has 146 valence electrons. The van der Waals surface area contributed by atoms with Gasteiger partial charge in [0.15, 0.2) is 12.4 Å². The van der Waals surface area contributed by atoms with Crippen molar-refractivity contribution in [1.82, 2.24) is 0 Å². The van der Waals surface area contributed by atoms with Crippen molar-refractivity contribution in [3.05, 3.63) is 101 Å². The third kappa shape index (κ3) is 5.39. The molecule has 0 N–H and O–H groups in total. The van der Waals surface area contributed by atoms with Crippen molar-refractivity contribution in [2.24, 2.45) is 0 Å². The summed E-state index contributed by atoms with van der Waals surface area (Å²) >= 11 is 0. The van der Waals surface area contributed by atoms with E-state index >= 15 is 0 Å². The summed E-state index contributed by atoms with van der Waals surface area (Å²) in [6.45, 7) is 3.44. The molecule has 0 spiro atoms. The molecule has 0 aliphatic carbocycles. The molecular formula is C24H20O5. The molecule has 0 amide bonds. The maximum absolute atomic E-state index is 12.2. The summed E-state index contributed by atoms with van der Waals surface area (Å²) in [6, 6.07) is 20.1. The fourth-order valence-corrected chi connectivity index (χ4v) is 2.63. The Labute approximate surface area is 168 Å². The predicted molar refractivity (Wildman–Crippen MR) is 108 cm³/mol. The second-order valence-corrected chi connectivity index (χ2v) is 6.65. The zero-order valence-electron chi connectivity index (χ0n) is 16.2. The fourth-order valence-electron chi connectivity index (χ4n) is 2.63. The molecule has 0 aromatic heterocycles. The van der Waals surface area contributed by atoms with Crippen molar-refractivity contribution < 1.29 is 23.9 Å². The summed E-state index contributed by atoms with van der Waals surface area (Å²) in [5, 5.41) is 0. The first-order chi connectivity index (χ1) is 13.9. The number of rotatable bonds is 6. The van der Waals surface area contributed by atoms with E-state index < -0.39 is 11.9 Å². The Bertz CT molecular complexity index is 1030. The van der Waals surface area contributed by atoms with Crippen molar-refractivity contribution >= 4 is 17.7 Å². The van der Waals surface area contributed by atoms with Gasteiger partial charge in [0, 0.05) is 5.56 Å². The van der Waals surface area contributed by atoms with E-state index in [-0.39, 0.29) is 12.4 Å². The Morgan fingerprint density at radius 2 is 1.34 bits per heavy atom. The molecule has 0 atom stereocenters. The van der Waals surface area contributed by atoms with Crippen molar-refractivity contribution in [3.63, 3.8) is 0 Å². The molecule has 5 nitrogen and oxygen atoms in total. The van der Waals surface area contributed by atoms with Crippen LogP contribution in [-0.4, -0.2) is 24.3 Å². The Kier molecular flexibility index (Phi) is 6.19. The lowest BCUT2D eigenvalue weighted by Crippen LogP contribution is -2.14. The molecule has 0 aliphatic rings. The molecule has 0 radical (unpaired) electrons. The lowest BCUT2D eigenvalue weighted by molar-refractivity contribution is 0.0474. The summed E-state index contributed by atoms with van der Waals surface area (Å²) in [5.41, 5.74) is 3.18. The molecule has 0 saturated heterocycles. The summed E-state index contributed by atoms with van der Waals surface area (Å²) in [5.74, 6) is -1.05. The Balaban J connectivity index is 1.56. The van der Waals surface area contributed by atoms with Gasteiger partial charge in [-0.15, -0.1) is 0 Å². The molecule has 3 rings (SSSR count). The standard InChI is InChI=1S/C24H20O5/c1-16-6-8-19(9-7-16)24(27)29-21-12-10-18(11-13-21)22(25)15-28-23(26)20-5-3-4-17(2)14-20/h3-14H,15H2,1-2H3. The van der Waals surface area contributed by atoms with Crippen molar-refractivity contribution in [1.29, 1.82) is 0 Å². The molecule has 0 aliphatic heterocycles. The van der Waals surface area contributed by atoms with E-state index in [9.17, 15) is 14.4 Å². The minimum absolute atomic E-state index is 0.323. The zero-order valence-corrected chi connectivity index (χ0v) is 16.2. The number of ketones is 1. The summed E-state index contributed by atoms with van der Waals surface area (Å²) < 4.78 is 10.4. The first-order valence-corrected chi connectivity index (χ1v) is 9.08. The maximum Gasteiger partial charge on any atom is 0.343 e. The summed E-state index contributed by atoms with van der Waals surface area (Å²) in [7, 11) is 0. The average molecular weight is 388 g/mol. The third-order valence-corrected chi connectivity index (χ3v) is 4.26. The van der Waals surface area contributed by atoms with E-state index in [1.807, 2.05) is 32.0 Å². The summed E-state index contributed by atoms with van der Waals surface area (Å²) in [4.78, 5) is 36.4. The number of hydrogen-bond acceptors (Lipinski definition) is 5. The summed E-state index contributed by atoms with van der Waals surface area (Å²) in [6.07, 6.45) is 0. The van der Waals surface area contributed by atoms with Gasteiger partial charge in [0.1, 0.15) is 5.75 Å². The molecule has 0 heterocycles. The molecule has 0 unspecified atom stereocenters. The molecule has 0 fully saturated rings. The Hall–Kier alpha value is -3.73. The van der Waals surface area contributed by atoms with Crippen LogP contribution in [0.5, 0.6) is 5.75 Å². The SMILES string of the molecule is Cc1ccc(C(=O)Oc2ccc(C(=O)COC(=O)c3cccc(C)c3)cc2)cc1.